The second-order valence-corrected chi connectivity index (χ2v) is 6.29. The molecular weight excluding hydrogens is 288 g/mol. The number of fused-ring (bicyclic) bond motifs is 2. The molecule has 0 radical (unpaired) electrons. The van der Waals surface area contributed by atoms with Crippen molar-refractivity contribution in [3.63, 3.8) is 0 Å². The molecule has 4 fully saturated rings. The van der Waals surface area contributed by atoms with Crippen molar-refractivity contribution in [2.45, 2.75) is 49.9 Å². The lowest BCUT2D eigenvalue weighted by molar-refractivity contribution is 0.151. The van der Waals surface area contributed by atoms with Crippen LogP contribution in [0.2, 0.25) is 0 Å². The van der Waals surface area contributed by atoms with E-state index < -0.39 is 0 Å². The molecule has 0 aliphatic carbocycles. The second-order valence-electron chi connectivity index (χ2n) is 6.29. The van der Waals surface area contributed by atoms with E-state index in [0.717, 1.165) is 38.8 Å². The number of hydrogen-bond donors (Lipinski definition) is 2. The van der Waals surface area contributed by atoms with Gasteiger partial charge in [-0.25, -0.2) is 9.59 Å². The summed E-state index contributed by atoms with van der Waals surface area (Å²) in [5, 5.41) is 0. The van der Waals surface area contributed by atoms with Crippen molar-refractivity contribution in [1.82, 2.24) is 9.80 Å². The summed E-state index contributed by atoms with van der Waals surface area (Å²) in [6.07, 6.45) is 3.66. The third-order valence-corrected chi connectivity index (χ3v) is 4.89. The molecule has 0 spiro atoms. The predicted molar refractivity (Wildman–Crippen MR) is 78.1 cm³/mol. The third-order valence-electron chi connectivity index (χ3n) is 4.89. The van der Waals surface area contributed by atoms with Gasteiger partial charge in [0.05, 0.1) is 12.1 Å². The molecule has 4 aliphatic heterocycles. The van der Waals surface area contributed by atoms with Crippen LogP contribution in [0.5, 0.6) is 0 Å². The highest BCUT2D eigenvalue weighted by molar-refractivity contribution is 5.70. The van der Waals surface area contributed by atoms with Crippen LogP contribution in [-0.2, 0) is 9.47 Å². The number of rotatable bonds is 0. The largest absolute Gasteiger partial charge is 0.447 e. The van der Waals surface area contributed by atoms with Gasteiger partial charge in [0.15, 0.2) is 0 Å². The van der Waals surface area contributed by atoms with E-state index in [4.69, 9.17) is 20.9 Å². The predicted octanol–water partition coefficient (Wildman–Crippen LogP) is -0.143. The zero-order valence-electron chi connectivity index (χ0n) is 12.6. The summed E-state index contributed by atoms with van der Waals surface area (Å²) in [7, 11) is 0. The normalized spacial score (nSPS) is 36.8. The fraction of sp³-hybridized carbons (Fsp3) is 0.857. The molecule has 8 heteroatoms. The monoisotopic (exact) mass is 312 g/mol. The molecule has 0 aromatic rings. The van der Waals surface area contributed by atoms with Crippen molar-refractivity contribution in [2.75, 3.05) is 26.3 Å². The van der Waals surface area contributed by atoms with Crippen LogP contribution < -0.4 is 11.5 Å². The maximum atomic E-state index is 11.0. The number of carbonyl (C=O) groups excluding carboxylic acids is 2. The maximum Gasteiger partial charge on any atom is 0.410 e. The van der Waals surface area contributed by atoms with Crippen LogP contribution in [0.3, 0.4) is 0 Å². The Balaban J connectivity index is 0.000000131. The minimum Gasteiger partial charge on any atom is -0.447 e. The van der Waals surface area contributed by atoms with Gasteiger partial charge in [-0.05, 0) is 25.7 Å². The molecule has 0 saturated carbocycles. The van der Waals surface area contributed by atoms with Gasteiger partial charge in [-0.3, -0.25) is 0 Å². The molecule has 4 aliphatic rings. The molecule has 0 bridgehead atoms. The molecule has 8 nitrogen and oxygen atoms in total. The summed E-state index contributed by atoms with van der Waals surface area (Å²) >= 11 is 0. The van der Waals surface area contributed by atoms with Crippen molar-refractivity contribution in [2.24, 2.45) is 11.5 Å². The van der Waals surface area contributed by atoms with E-state index >= 15 is 0 Å². The van der Waals surface area contributed by atoms with Crippen LogP contribution in [0.25, 0.3) is 0 Å². The van der Waals surface area contributed by atoms with Crippen LogP contribution in [0.4, 0.5) is 9.59 Å². The summed E-state index contributed by atoms with van der Waals surface area (Å²) in [4.78, 5) is 25.5. The lowest BCUT2D eigenvalue weighted by Gasteiger charge is -2.31. The topological polar surface area (TPSA) is 111 Å². The van der Waals surface area contributed by atoms with Gasteiger partial charge >= 0.3 is 12.2 Å². The standard InChI is InChI=1S/2C7H12N2O2/c2*8-5-2-1-3-9-6(5)4-11-7(9)10/h2*5-6H,1-4,8H2/t2*5-,6-/m10/s1. The van der Waals surface area contributed by atoms with Gasteiger partial charge in [0.1, 0.15) is 13.2 Å². The fourth-order valence-electron chi connectivity index (χ4n) is 3.53. The first-order chi connectivity index (χ1) is 10.6. The van der Waals surface area contributed by atoms with Crippen molar-refractivity contribution < 1.29 is 19.1 Å². The second kappa shape index (κ2) is 6.29. The minimum absolute atomic E-state index is 0.121. The molecule has 4 N–H and O–H groups in total. The highest BCUT2D eigenvalue weighted by atomic mass is 16.6. The Hall–Kier alpha value is -1.54. The van der Waals surface area contributed by atoms with E-state index in [1.165, 1.54) is 0 Å². The van der Waals surface area contributed by atoms with Crippen LogP contribution in [-0.4, -0.2) is 72.5 Å². The van der Waals surface area contributed by atoms with Crippen molar-refractivity contribution in [1.29, 1.82) is 0 Å². The third kappa shape index (κ3) is 2.85. The Kier molecular flexibility index (Phi) is 4.39. The van der Waals surface area contributed by atoms with Gasteiger partial charge < -0.3 is 30.7 Å². The van der Waals surface area contributed by atoms with Gasteiger partial charge in [-0.15, -0.1) is 0 Å². The molecule has 124 valence electrons. The average molecular weight is 312 g/mol. The van der Waals surface area contributed by atoms with Crippen LogP contribution >= 0.6 is 0 Å². The first kappa shape index (κ1) is 15.4. The first-order valence-electron chi connectivity index (χ1n) is 7.96. The van der Waals surface area contributed by atoms with Crippen molar-refractivity contribution in [3.8, 4) is 0 Å². The van der Waals surface area contributed by atoms with E-state index in [9.17, 15) is 9.59 Å². The average Bonchev–Trinajstić information content (AvgIpc) is 3.07. The minimum atomic E-state index is -0.190. The van der Waals surface area contributed by atoms with Gasteiger partial charge in [0.25, 0.3) is 0 Å². The number of amides is 2. The van der Waals surface area contributed by atoms with Crippen molar-refractivity contribution in [3.05, 3.63) is 0 Å². The number of ether oxygens (including phenoxy) is 2. The Labute approximate surface area is 129 Å². The van der Waals surface area contributed by atoms with E-state index in [0.29, 0.717) is 13.2 Å². The Bertz CT molecular complexity index is 407. The zero-order valence-corrected chi connectivity index (χ0v) is 12.6. The number of piperidine rings is 2. The molecule has 4 atom stereocenters. The Morgan fingerprint density at radius 1 is 0.818 bits per heavy atom. The summed E-state index contributed by atoms with van der Waals surface area (Å²) in [5.41, 5.74) is 11.6. The molecule has 0 aromatic carbocycles. The summed E-state index contributed by atoms with van der Waals surface area (Å²) < 4.78 is 9.75. The fourth-order valence-corrected chi connectivity index (χ4v) is 3.53. The highest BCUT2D eigenvalue weighted by Crippen LogP contribution is 2.23. The number of nitrogens with two attached hydrogens (primary N) is 2. The smallest absolute Gasteiger partial charge is 0.410 e. The van der Waals surface area contributed by atoms with Crippen molar-refractivity contribution >= 4 is 12.2 Å². The summed E-state index contributed by atoms with van der Waals surface area (Å²) in [6, 6.07) is 0.540. The number of nitrogens with zero attached hydrogens (tertiary/aromatic N) is 2. The van der Waals surface area contributed by atoms with E-state index in [-0.39, 0.29) is 36.4 Å². The Morgan fingerprint density at radius 3 is 1.59 bits per heavy atom. The first-order valence-corrected chi connectivity index (χ1v) is 7.96. The maximum absolute atomic E-state index is 11.0. The molecule has 2 amide bonds. The lowest BCUT2D eigenvalue weighted by Crippen LogP contribution is -2.50. The lowest BCUT2D eigenvalue weighted by atomic mass is 9.99. The van der Waals surface area contributed by atoms with Gasteiger partial charge in [0, 0.05) is 25.2 Å². The molecule has 22 heavy (non-hydrogen) atoms. The van der Waals surface area contributed by atoms with Gasteiger partial charge in [-0.2, -0.15) is 0 Å². The number of hydrogen-bond acceptors (Lipinski definition) is 6. The molecule has 4 heterocycles. The Morgan fingerprint density at radius 2 is 1.23 bits per heavy atom. The van der Waals surface area contributed by atoms with E-state index in [1.807, 2.05) is 0 Å². The van der Waals surface area contributed by atoms with Crippen LogP contribution in [0.15, 0.2) is 0 Å². The van der Waals surface area contributed by atoms with Crippen LogP contribution in [0, 0.1) is 0 Å². The number of carbonyl (C=O) groups is 2. The molecule has 4 rings (SSSR count). The molecular formula is C14H24N4O4. The van der Waals surface area contributed by atoms with Crippen LogP contribution in [0.1, 0.15) is 25.7 Å². The van der Waals surface area contributed by atoms with Gasteiger partial charge in [0.2, 0.25) is 0 Å². The van der Waals surface area contributed by atoms with E-state index in [2.05, 4.69) is 0 Å². The quantitative estimate of drug-likeness (QED) is 0.644. The molecule has 4 saturated heterocycles. The highest BCUT2D eigenvalue weighted by Gasteiger charge is 2.39. The van der Waals surface area contributed by atoms with E-state index in [1.54, 1.807) is 9.80 Å². The molecule has 0 unspecified atom stereocenters. The molecule has 0 aromatic heterocycles. The summed E-state index contributed by atoms with van der Waals surface area (Å²) in [5.74, 6) is 0. The summed E-state index contributed by atoms with van der Waals surface area (Å²) in [6.45, 7) is 2.61. The SMILES string of the molecule is N[C@@H]1CCCN2C(=O)OC[C@H]12.N[C@H]1CCCN2C(=O)OC[C@@H]12. The zero-order chi connectivity index (χ0) is 15.7. The number of cyclic esters (lactones) is 2. The van der Waals surface area contributed by atoms with Gasteiger partial charge in [-0.1, -0.05) is 0 Å².